The number of sulfone groups is 1. The lowest BCUT2D eigenvalue weighted by molar-refractivity contribution is -0.141. The van der Waals surface area contributed by atoms with Crippen molar-refractivity contribution in [1.29, 1.82) is 0 Å². The summed E-state index contributed by atoms with van der Waals surface area (Å²) in [5, 5.41) is 4.53. The van der Waals surface area contributed by atoms with E-state index >= 15 is 0 Å². The van der Waals surface area contributed by atoms with Crippen LogP contribution in [0.5, 0.6) is 0 Å². The maximum Gasteiger partial charge on any atom is 0.328 e. The van der Waals surface area contributed by atoms with Crippen LogP contribution in [0.2, 0.25) is 10.0 Å². The number of esters is 1. The first-order valence-electron chi connectivity index (χ1n) is 10.3. The standard InChI is InChI=1S/C23H23Cl2N3O4S/c1-15-11-22(28(26-15)13-16-7-9-17(24)10-8-16)27-14-18(12-20(27)23(29)32-2)33(30,31)21-6-4-3-5-19(21)25/h3-11,18,20H,12-14H2,1-2H3/t18-,20?/m1/s1. The minimum absolute atomic E-state index is 0.0629. The van der Waals surface area contributed by atoms with Crippen LogP contribution in [0.25, 0.3) is 0 Å². The molecule has 1 aromatic heterocycles. The Hall–Kier alpha value is -2.55. The number of carbonyl (C=O) groups excluding carboxylic acids is 1. The van der Waals surface area contributed by atoms with Crippen LogP contribution < -0.4 is 4.90 Å². The molecule has 3 aromatic rings. The topological polar surface area (TPSA) is 81.5 Å². The van der Waals surface area contributed by atoms with Crippen LogP contribution >= 0.6 is 23.2 Å². The van der Waals surface area contributed by atoms with E-state index in [-0.39, 0.29) is 22.9 Å². The van der Waals surface area contributed by atoms with Gasteiger partial charge in [-0.15, -0.1) is 0 Å². The third-order valence-electron chi connectivity index (χ3n) is 5.74. The zero-order valence-corrected chi connectivity index (χ0v) is 20.4. The molecule has 0 saturated carbocycles. The molecule has 0 N–H and O–H groups in total. The summed E-state index contributed by atoms with van der Waals surface area (Å²) in [5.74, 6) is 0.151. The van der Waals surface area contributed by atoms with Gasteiger partial charge in [-0.2, -0.15) is 5.10 Å². The van der Waals surface area contributed by atoms with E-state index in [4.69, 9.17) is 27.9 Å². The van der Waals surface area contributed by atoms with E-state index < -0.39 is 27.1 Å². The molecule has 0 bridgehead atoms. The smallest absolute Gasteiger partial charge is 0.328 e. The minimum atomic E-state index is -3.78. The monoisotopic (exact) mass is 507 g/mol. The fourth-order valence-electron chi connectivity index (χ4n) is 4.13. The van der Waals surface area contributed by atoms with Crippen LogP contribution in [0.3, 0.4) is 0 Å². The molecule has 2 atom stereocenters. The van der Waals surface area contributed by atoms with Gasteiger partial charge in [0.25, 0.3) is 0 Å². The summed E-state index contributed by atoms with van der Waals surface area (Å²) in [5.41, 5.74) is 1.72. The molecule has 2 heterocycles. The van der Waals surface area contributed by atoms with Gasteiger partial charge < -0.3 is 9.64 Å². The van der Waals surface area contributed by atoms with Gasteiger partial charge in [-0.1, -0.05) is 47.5 Å². The summed E-state index contributed by atoms with van der Waals surface area (Å²) in [4.78, 5) is 14.5. The zero-order chi connectivity index (χ0) is 23.8. The third kappa shape index (κ3) is 4.74. The summed E-state index contributed by atoms with van der Waals surface area (Å²) < 4.78 is 33.6. The summed E-state index contributed by atoms with van der Waals surface area (Å²) in [7, 11) is -2.48. The van der Waals surface area contributed by atoms with Gasteiger partial charge in [-0.05, 0) is 43.2 Å². The number of ether oxygens (including phenoxy) is 1. The van der Waals surface area contributed by atoms with E-state index in [2.05, 4.69) is 5.10 Å². The zero-order valence-electron chi connectivity index (χ0n) is 18.1. The summed E-state index contributed by atoms with van der Waals surface area (Å²) >= 11 is 12.2. The molecular weight excluding hydrogens is 485 g/mol. The lowest BCUT2D eigenvalue weighted by Gasteiger charge is -2.25. The van der Waals surface area contributed by atoms with Crippen LogP contribution in [0.15, 0.2) is 59.5 Å². The van der Waals surface area contributed by atoms with Crippen molar-refractivity contribution < 1.29 is 17.9 Å². The number of hydrogen-bond acceptors (Lipinski definition) is 6. The molecule has 0 spiro atoms. The normalized spacial score (nSPS) is 18.5. The molecule has 7 nitrogen and oxygen atoms in total. The Morgan fingerprint density at radius 1 is 1.15 bits per heavy atom. The first-order valence-corrected chi connectivity index (χ1v) is 12.6. The number of benzene rings is 2. The first kappa shape index (κ1) is 23.6. The number of aryl methyl sites for hydroxylation is 1. The molecule has 1 aliphatic rings. The van der Waals surface area contributed by atoms with Crippen molar-refractivity contribution in [2.24, 2.45) is 0 Å². The predicted molar refractivity (Wildman–Crippen MR) is 128 cm³/mol. The van der Waals surface area contributed by atoms with Gasteiger partial charge in [0.15, 0.2) is 9.84 Å². The van der Waals surface area contributed by atoms with Crippen LogP contribution in [0.1, 0.15) is 17.7 Å². The lowest BCUT2D eigenvalue weighted by Crippen LogP contribution is -2.38. The molecule has 174 valence electrons. The summed E-state index contributed by atoms with van der Waals surface area (Å²) in [6, 6.07) is 14.8. The van der Waals surface area contributed by atoms with Crippen molar-refractivity contribution in [1.82, 2.24) is 9.78 Å². The maximum atomic E-state index is 13.4. The molecule has 0 amide bonds. The van der Waals surface area contributed by atoms with Crippen LogP contribution in [0.4, 0.5) is 5.82 Å². The number of anilines is 1. The van der Waals surface area contributed by atoms with Crippen molar-refractivity contribution in [3.63, 3.8) is 0 Å². The van der Waals surface area contributed by atoms with E-state index in [0.29, 0.717) is 17.4 Å². The molecule has 0 aliphatic carbocycles. The highest BCUT2D eigenvalue weighted by Gasteiger charge is 2.45. The molecular formula is C23H23Cl2N3O4S. The van der Waals surface area contributed by atoms with Gasteiger partial charge in [-0.25, -0.2) is 17.9 Å². The van der Waals surface area contributed by atoms with Gasteiger partial charge in [0.05, 0.1) is 34.5 Å². The van der Waals surface area contributed by atoms with Gasteiger partial charge in [0.1, 0.15) is 11.9 Å². The quantitative estimate of drug-likeness (QED) is 0.466. The molecule has 0 radical (unpaired) electrons. The van der Waals surface area contributed by atoms with Crippen molar-refractivity contribution in [3.05, 3.63) is 75.9 Å². The molecule has 1 saturated heterocycles. The molecule has 1 unspecified atom stereocenters. The van der Waals surface area contributed by atoms with E-state index in [1.807, 2.05) is 25.1 Å². The van der Waals surface area contributed by atoms with E-state index in [1.165, 1.54) is 13.2 Å². The highest BCUT2D eigenvalue weighted by molar-refractivity contribution is 7.92. The van der Waals surface area contributed by atoms with Crippen LogP contribution in [-0.2, 0) is 25.9 Å². The number of aromatic nitrogens is 2. The second-order valence-electron chi connectivity index (χ2n) is 7.95. The number of hydrogen-bond donors (Lipinski definition) is 0. The molecule has 1 aliphatic heterocycles. The maximum absolute atomic E-state index is 13.4. The van der Waals surface area contributed by atoms with Crippen molar-refractivity contribution in [2.45, 2.75) is 36.1 Å². The van der Waals surface area contributed by atoms with E-state index in [1.54, 1.807) is 39.9 Å². The molecule has 33 heavy (non-hydrogen) atoms. The minimum Gasteiger partial charge on any atom is -0.467 e. The highest BCUT2D eigenvalue weighted by Crippen LogP contribution is 2.35. The highest BCUT2D eigenvalue weighted by atomic mass is 35.5. The molecule has 1 fully saturated rings. The van der Waals surface area contributed by atoms with E-state index in [0.717, 1.165) is 11.3 Å². The molecule has 10 heteroatoms. The van der Waals surface area contributed by atoms with Gasteiger partial charge >= 0.3 is 5.97 Å². The van der Waals surface area contributed by atoms with Gasteiger partial charge in [-0.3, -0.25) is 0 Å². The fraction of sp³-hybridized carbons (Fsp3) is 0.304. The number of nitrogens with zero attached hydrogens (tertiary/aromatic N) is 3. The van der Waals surface area contributed by atoms with Gasteiger partial charge in [0, 0.05) is 17.6 Å². The Kier molecular flexibility index (Phi) is 6.70. The largest absolute Gasteiger partial charge is 0.467 e. The first-order chi connectivity index (χ1) is 15.7. The van der Waals surface area contributed by atoms with Crippen molar-refractivity contribution >= 4 is 44.8 Å². The van der Waals surface area contributed by atoms with Crippen LogP contribution in [-0.4, -0.2) is 49.1 Å². The summed E-state index contributed by atoms with van der Waals surface area (Å²) in [6.45, 7) is 2.40. The predicted octanol–water partition coefficient (Wildman–Crippen LogP) is 4.14. The summed E-state index contributed by atoms with van der Waals surface area (Å²) in [6.07, 6.45) is 0.0887. The fourth-order valence-corrected chi connectivity index (χ4v) is 6.48. The van der Waals surface area contributed by atoms with Crippen molar-refractivity contribution in [3.8, 4) is 0 Å². The van der Waals surface area contributed by atoms with E-state index in [9.17, 15) is 13.2 Å². The Morgan fingerprint density at radius 3 is 2.52 bits per heavy atom. The third-order valence-corrected chi connectivity index (χ3v) is 8.62. The Bertz CT molecular complexity index is 1280. The second kappa shape index (κ2) is 9.37. The van der Waals surface area contributed by atoms with Gasteiger partial charge in [0.2, 0.25) is 0 Å². The Labute approximate surface area is 202 Å². The lowest BCUT2D eigenvalue weighted by atomic mass is 10.2. The van der Waals surface area contributed by atoms with Crippen LogP contribution in [0, 0.1) is 6.92 Å². The SMILES string of the molecule is COC(=O)C1C[C@@H](S(=O)(=O)c2ccccc2Cl)CN1c1cc(C)nn1Cc1ccc(Cl)cc1. The van der Waals surface area contributed by atoms with Crippen molar-refractivity contribution in [2.75, 3.05) is 18.6 Å². The average molecular weight is 508 g/mol. The Balaban J connectivity index is 1.70. The Morgan fingerprint density at radius 2 is 1.85 bits per heavy atom. The second-order valence-corrected chi connectivity index (χ2v) is 11.0. The molecule has 4 rings (SSSR count). The molecule has 2 aromatic carbocycles. The average Bonchev–Trinajstić information content (AvgIpc) is 3.39. The number of rotatable bonds is 6. The number of carbonyl (C=O) groups is 1. The number of methoxy groups -OCH3 is 1. The number of halogens is 2.